The first-order valence-electron chi connectivity index (χ1n) is 7.81. The Bertz CT molecular complexity index is 778. The molecular formula is C19H17NO4. The monoisotopic (exact) mass is 323 g/mol. The van der Waals surface area contributed by atoms with Crippen molar-refractivity contribution in [1.29, 1.82) is 0 Å². The van der Waals surface area contributed by atoms with E-state index in [0.717, 1.165) is 18.3 Å². The Morgan fingerprint density at radius 1 is 1.04 bits per heavy atom. The molecule has 0 saturated heterocycles. The lowest BCUT2D eigenvalue weighted by atomic mass is 10.1. The molecule has 1 aliphatic heterocycles. The number of amides is 2. The first-order valence-corrected chi connectivity index (χ1v) is 7.81. The van der Waals surface area contributed by atoms with Gasteiger partial charge in [0.05, 0.1) is 23.2 Å². The number of hydrogen-bond acceptors (Lipinski definition) is 4. The highest BCUT2D eigenvalue weighted by molar-refractivity contribution is 6.21. The average Bonchev–Trinajstić information content (AvgIpc) is 2.87. The zero-order valence-electron chi connectivity index (χ0n) is 13.3. The summed E-state index contributed by atoms with van der Waals surface area (Å²) in [7, 11) is 0. The first-order chi connectivity index (χ1) is 11.7. The van der Waals surface area contributed by atoms with Gasteiger partial charge in [-0.3, -0.25) is 19.3 Å². The lowest BCUT2D eigenvalue weighted by Gasteiger charge is -2.15. The number of rotatable bonds is 6. The maximum atomic E-state index is 12.2. The van der Waals surface area contributed by atoms with Gasteiger partial charge in [0, 0.05) is 0 Å². The van der Waals surface area contributed by atoms with Gasteiger partial charge in [0.15, 0.2) is 6.29 Å². The molecule has 0 saturated carbocycles. The second-order valence-corrected chi connectivity index (χ2v) is 5.50. The molecule has 0 atom stereocenters. The SMILES string of the molecule is CCc1ccc(OCCN2C(=O)c3ccccc3C2=O)c(C=O)c1. The Labute approximate surface area is 139 Å². The fourth-order valence-corrected chi connectivity index (χ4v) is 2.73. The van der Waals surface area contributed by atoms with Crippen molar-refractivity contribution in [3.63, 3.8) is 0 Å². The summed E-state index contributed by atoms with van der Waals surface area (Å²) < 4.78 is 5.61. The predicted molar refractivity (Wildman–Crippen MR) is 88.5 cm³/mol. The molecule has 2 aromatic rings. The number of aldehydes is 1. The molecule has 0 N–H and O–H groups in total. The Balaban J connectivity index is 1.67. The summed E-state index contributed by atoms with van der Waals surface area (Å²) in [6, 6.07) is 12.2. The van der Waals surface area contributed by atoms with E-state index in [2.05, 4.69) is 0 Å². The third-order valence-corrected chi connectivity index (χ3v) is 4.06. The van der Waals surface area contributed by atoms with Crippen LogP contribution in [0.3, 0.4) is 0 Å². The number of carbonyl (C=O) groups is 3. The first kappa shape index (κ1) is 15.9. The van der Waals surface area contributed by atoms with Gasteiger partial charge in [-0.25, -0.2) is 0 Å². The van der Waals surface area contributed by atoms with Gasteiger partial charge in [-0.15, -0.1) is 0 Å². The number of imide groups is 1. The highest BCUT2D eigenvalue weighted by atomic mass is 16.5. The molecule has 2 aromatic carbocycles. The zero-order chi connectivity index (χ0) is 17.1. The van der Waals surface area contributed by atoms with Crippen molar-refractivity contribution in [2.45, 2.75) is 13.3 Å². The number of ether oxygens (including phenoxy) is 1. The highest BCUT2D eigenvalue weighted by Crippen LogP contribution is 2.23. The largest absolute Gasteiger partial charge is 0.491 e. The van der Waals surface area contributed by atoms with Gasteiger partial charge in [-0.05, 0) is 36.2 Å². The van der Waals surface area contributed by atoms with Crippen LogP contribution in [0, 0.1) is 0 Å². The van der Waals surface area contributed by atoms with Crippen LogP contribution in [0.5, 0.6) is 5.75 Å². The highest BCUT2D eigenvalue weighted by Gasteiger charge is 2.34. The normalized spacial score (nSPS) is 13.1. The van der Waals surface area contributed by atoms with Gasteiger partial charge >= 0.3 is 0 Å². The molecule has 0 aliphatic carbocycles. The lowest BCUT2D eigenvalue weighted by molar-refractivity contribution is 0.0630. The fraction of sp³-hybridized carbons (Fsp3) is 0.211. The summed E-state index contributed by atoms with van der Waals surface area (Å²) in [4.78, 5) is 36.8. The minimum Gasteiger partial charge on any atom is -0.491 e. The number of hydrogen-bond donors (Lipinski definition) is 0. The van der Waals surface area contributed by atoms with Gasteiger partial charge in [0.25, 0.3) is 11.8 Å². The van der Waals surface area contributed by atoms with Crippen LogP contribution >= 0.6 is 0 Å². The van der Waals surface area contributed by atoms with Crippen molar-refractivity contribution < 1.29 is 19.1 Å². The molecule has 5 nitrogen and oxygen atoms in total. The average molecular weight is 323 g/mol. The number of carbonyl (C=O) groups excluding carboxylic acids is 3. The molecule has 24 heavy (non-hydrogen) atoms. The third-order valence-electron chi connectivity index (χ3n) is 4.06. The van der Waals surface area contributed by atoms with E-state index in [0.29, 0.717) is 22.4 Å². The second-order valence-electron chi connectivity index (χ2n) is 5.50. The van der Waals surface area contributed by atoms with E-state index in [9.17, 15) is 14.4 Å². The Morgan fingerprint density at radius 3 is 2.29 bits per heavy atom. The number of aryl methyl sites for hydroxylation is 1. The van der Waals surface area contributed by atoms with Crippen LogP contribution in [0.1, 0.15) is 43.6 Å². The number of nitrogens with zero attached hydrogens (tertiary/aromatic N) is 1. The molecule has 0 spiro atoms. The molecule has 0 aromatic heterocycles. The Kier molecular flexibility index (Phi) is 4.42. The molecule has 1 aliphatic rings. The minimum absolute atomic E-state index is 0.137. The topological polar surface area (TPSA) is 63.7 Å². The van der Waals surface area contributed by atoms with E-state index < -0.39 is 0 Å². The molecule has 2 amide bonds. The van der Waals surface area contributed by atoms with E-state index in [4.69, 9.17) is 4.74 Å². The zero-order valence-corrected chi connectivity index (χ0v) is 13.3. The Morgan fingerprint density at radius 2 is 1.71 bits per heavy atom. The van der Waals surface area contributed by atoms with Crippen molar-refractivity contribution in [2.75, 3.05) is 13.2 Å². The van der Waals surface area contributed by atoms with Crippen LogP contribution < -0.4 is 4.74 Å². The van der Waals surface area contributed by atoms with E-state index in [1.54, 1.807) is 36.4 Å². The van der Waals surface area contributed by atoms with Crippen molar-refractivity contribution >= 4 is 18.1 Å². The summed E-state index contributed by atoms with van der Waals surface area (Å²) in [5.41, 5.74) is 2.35. The van der Waals surface area contributed by atoms with Crippen molar-refractivity contribution in [3.05, 3.63) is 64.7 Å². The van der Waals surface area contributed by atoms with Crippen molar-refractivity contribution in [3.8, 4) is 5.75 Å². The van der Waals surface area contributed by atoms with Crippen LogP contribution in [-0.4, -0.2) is 36.2 Å². The molecule has 1 heterocycles. The van der Waals surface area contributed by atoms with Gasteiger partial charge < -0.3 is 4.74 Å². The summed E-state index contributed by atoms with van der Waals surface area (Å²) in [5.74, 6) is -0.161. The van der Waals surface area contributed by atoms with Crippen molar-refractivity contribution in [1.82, 2.24) is 4.90 Å². The number of benzene rings is 2. The minimum atomic E-state index is -0.309. The Hall–Kier alpha value is -2.95. The summed E-state index contributed by atoms with van der Waals surface area (Å²) in [6.45, 7) is 2.28. The van der Waals surface area contributed by atoms with E-state index in [-0.39, 0.29) is 25.0 Å². The molecule has 3 rings (SSSR count). The molecule has 0 fully saturated rings. The van der Waals surface area contributed by atoms with Crippen LogP contribution in [-0.2, 0) is 6.42 Å². The second kappa shape index (κ2) is 6.66. The summed E-state index contributed by atoms with van der Waals surface area (Å²) in [6.07, 6.45) is 1.58. The summed E-state index contributed by atoms with van der Waals surface area (Å²) in [5, 5.41) is 0. The molecule has 122 valence electrons. The van der Waals surface area contributed by atoms with Gasteiger partial charge in [-0.1, -0.05) is 25.1 Å². The molecule has 0 radical (unpaired) electrons. The fourth-order valence-electron chi connectivity index (χ4n) is 2.73. The predicted octanol–water partition coefficient (Wildman–Crippen LogP) is 2.74. The standard InChI is InChI=1S/C19H17NO4/c1-2-13-7-8-17(14(11-13)12-21)24-10-9-20-18(22)15-5-3-4-6-16(15)19(20)23/h3-8,11-12H,2,9-10H2,1H3. The van der Waals surface area contributed by atoms with Gasteiger partial charge in [-0.2, -0.15) is 0 Å². The number of fused-ring (bicyclic) bond motifs is 1. The third kappa shape index (κ3) is 2.80. The van der Waals surface area contributed by atoms with E-state index >= 15 is 0 Å². The van der Waals surface area contributed by atoms with E-state index in [1.165, 1.54) is 4.90 Å². The molecule has 5 heteroatoms. The van der Waals surface area contributed by atoms with Crippen LogP contribution in [0.25, 0.3) is 0 Å². The molecule has 0 bridgehead atoms. The smallest absolute Gasteiger partial charge is 0.261 e. The maximum Gasteiger partial charge on any atom is 0.261 e. The van der Waals surface area contributed by atoms with Gasteiger partial charge in [0.2, 0.25) is 0 Å². The lowest BCUT2D eigenvalue weighted by Crippen LogP contribution is -2.33. The molecule has 0 unspecified atom stereocenters. The van der Waals surface area contributed by atoms with E-state index in [1.807, 2.05) is 13.0 Å². The quantitative estimate of drug-likeness (QED) is 0.606. The van der Waals surface area contributed by atoms with Crippen LogP contribution in [0.2, 0.25) is 0 Å². The van der Waals surface area contributed by atoms with Crippen LogP contribution in [0.4, 0.5) is 0 Å². The van der Waals surface area contributed by atoms with Gasteiger partial charge in [0.1, 0.15) is 12.4 Å². The van der Waals surface area contributed by atoms with Crippen LogP contribution in [0.15, 0.2) is 42.5 Å². The summed E-state index contributed by atoms with van der Waals surface area (Å²) >= 11 is 0. The molecular weight excluding hydrogens is 306 g/mol. The van der Waals surface area contributed by atoms with Crippen molar-refractivity contribution in [2.24, 2.45) is 0 Å². The maximum absolute atomic E-state index is 12.2.